The third kappa shape index (κ3) is 5.02. The molecule has 1 aromatic carbocycles. The number of hydrogen-bond donors (Lipinski definition) is 3. The van der Waals surface area contributed by atoms with Crippen molar-refractivity contribution >= 4 is 5.84 Å². The van der Waals surface area contributed by atoms with Gasteiger partial charge in [-0.3, -0.25) is 10.3 Å². The summed E-state index contributed by atoms with van der Waals surface area (Å²) in [6.45, 7) is 5.35. The molecule has 0 radical (unpaired) electrons. The van der Waals surface area contributed by atoms with Crippen molar-refractivity contribution in [2.45, 2.75) is 31.8 Å². The van der Waals surface area contributed by atoms with Crippen LogP contribution in [0.1, 0.15) is 31.7 Å². The SMILES string of the molecule is CC1(O)CCCN(CCOc2ccc(C(=N)N)cc2)CC1. The molecule has 5 heteroatoms. The van der Waals surface area contributed by atoms with Gasteiger partial charge in [0.25, 0.3) is 0 Å². The highest BCUT2D eigenvalue weighted by Crippen LogP contribution is 2.21. The molecule has 0 spiro atoms. The molecule has 116 valence electrons. The van der Waals surface area contributed by atoms with Crippen LogP contribution in [0.15, 0.2) is 24.3 Å². The Kier molecular flexibility index (Phi) is 5.20. The Morgan fingerprint density at radius 2 is 2.05 bits per heavy atom. The standard InChI is InChI=1S/C16H25N3O2/c1-16(20)7-2-9-19(10-8-16)11-12-21-14-5-3-13(4-6-14)15(17)18/h3-6,20H,2,7-12H2,1H3,(H3,17,18). The van der Waals surface area contributed by atoms with E-state index in [9.17, 15) is 5.11 Å². The Morgan fingerprint density at radius 3 is 2.71 bits per heavy atom. The van der Waals surface area contributed by atoms with Crippen LogP contribution in [-0.2, 0) is 0 Å². The van der Waals surface area contributed by atoms with Crippen molar-refractivity contribution in [3.05, 3.63) is 29.8 Å². The zero-order valence-electron chi connectivity index (χ0n) is 12.6. The van der Waals surface area contributed by atoms with Crippen molar-refractivity contribution in [1.82, 2.24) is 4.90 Å². The van der Waals surface area contributed by atoms with E-state index in [-0.39, 0.29) is 5.84 Å². The lowest BCUT2D eigenvalue weighted by atomic mass is 9.98. The smallest absolute Gasteiger partial charge is 0.122 e. The molecule has 1 atom stereocenters. The minimum absolute atomic E-state index is 0.0677. The quantitative estimate of drug-likeness (QED) is 0.568. The Bertz CT molecular complexity index is 471. The number of aliphatic hydroxyl groups is 1. The highest BCUT2D eigenvalue weighted by atomic mass is 16.5. The minimum Gasteiger partial charge on any atom is -0.492 e. The van der Waals surface area contributed by atoms with Crippen LogP contribution < -0.4 is 10.5 Å². The first-order chi connectivity index (χ1) is 9.96. The summed E-state index contributed by atoms with van der Waals surface area (Å²) < 4.78 is 5.72. The minimum atomic E-state index is -0.516. The highest BCUT2D eigenvalue weighted by Gasteiger charge is 2.24. The zero-order valence-corrected chi connectivity index (χ0v) is 12.6. The van der Waals surface area contributed by atoms with Crippen molar-refractivity contribution in [2.75, 3.05) is 26.2 Å². The normalized spacial score (nSPS) is 23.5. The summed E-state index contributed by atoms with van der Waals surface area (Å²) in [5.41, 5.74) is 5.60. The summed E-state index contributed by atoms with van der Waals surface area (Å²) in [6.07, 6.45) is 2.72. The predicted octanol–water partition coefficient (Wildman–Crippen LogP) is 1.59. The van der Waals surface area contributed by atoms with Gasteiger partial charge >= 0.3 is 0 Å². The van der Waals surface area contributed by atoms with Crippen LogP contribution in [0.2, 0.25) is 0 Å². The zero-order chi connectivity index (χ0) is 15.3. The van der Waals surface area contributed by atoms with Crippen LogP contribution in [0.4, 0.5) is 0 Å². The molecule has 21 heavy (non-hydrogen) atoms. The van der Waals surface area contributed by atoms with Gasteiger partial charge in [0, 0.05) is 18.7 Å². The summed E-state index contributed by atoms with van der Waals surface area (Å²) in [4.78, 5) is 2.34. The van der Waals surface area contributed by atoms with Crippen molar-refractivity contribution in [2.24, 2.45) is 5.73 Å². The van der Waals surface area contributed by atoms with Crippen molar-refractivity contribution in [3.8, 4) is 5.75 Å². The van der Waals surface area contributed by atoms with Crippen LogP contribution in [0.25, 0.3) is 0 Å². The average molecular weight is 291 g/mol. The molecule has 0 amide bonds. The molecule has 1 fully saturated rings. The lowest BCUT2D eigenvalue weighted by molar-refractivity contribution is 0.0442. The molecule has 1 aliphatic heterocycles. The van der Waals surface area contributed by atoms with Gasteiger partial charge in [-0.1, -0.05) is 0 Å². The van der Waals surface area contributed by atoms with E-state index in [4.69, 9.17) is 15.9 Å². The van der Waals surface area contributed by atoms with E-state index in [2.05, 4.69) is 4.90 Å². The first-order valence-corrected chi connectivity index (χ1v) is 7.48. The van der Waals surface area contributed by atoms with Gasteiger partial charge in [0.15, 0.2) is 0 Å². The molecule has 5 nitrogen and oxygen atoms in total. The fourth-order valence-electron chi connectivity index (χ4n) is 2.57. The van der Waals surface area contributed by atoms with E-state index < -0.39 is 5.60 Å². The summed E-state index contributed by atoms with van der Waals surface area (Å²) in [5.74, 6) is 0.861. The molecule has 1 heterocycles. The van der Waals surface area contributed by atoms with Crippen LogP contribution in [0.5, 0.6) is 5.75 Å². The molecule has 1 unspecified atom stereocenters. The second kappa shape index (κ2) is 6.91. The van der Waals surface area contributed by atoms with Gasteiger partial charge in [0.1, 0.15) is 18.2 Å². The number of nitrogen functional groups attached to an aromatic ring is 1. The van der Waals surface area contributed by atoms with Gasteiger partial charge < -0.3 is 15.6 Å². The number of nitrogens with one attached hydrogen (secondary N) is 1. The monoisotopic (exact) mass is 291 g/mol. The number of nitrogens with zero attached hydrogens (tertiary/aromatic N) is 1. The van der Waals surface area contributed by atoms with E-state index >= 15 is 0 Å². The topological polar surface area (TPSA) is 82.6 Å². The van der Waals surface area contributed by atoms with Gasteiger partial charge in [-0.2, -0.15) is 0 Å². The van der Waals surface area contributed by atoms with Crippen molar-refractivity contribution < 1.29 is 9.84 Å². The Hall–Kier alpha value is -1.59. The Labute approximate surface area is 126 Å². The van der Waals surface area contributed by atoms with Gasteiger partial charge in [-0.05, 0) is 57.0 Å². The molecule has 0 aliphatic carbocycles. The van der Waals surface area contributed by atoms with Crippen LogP contribution in [0, 0.1) is 5.41 Å². The molecular weight excluding hydrogens is 266 g/mol. The predicted molar refractivity (Wildman–Crippen MR) is 83.9 cm³/mol. The van der Waals surface area contributed by atoms with Gasteiger partial charge in [-0.15, -0.1) is 0 Å². The number of ether oxygens (including phenoxy) is 1. The number of likely N-dealkylation sites (tertiary alicyclic amines) is 1. The van der Waals surface area contributed by atoms with Gasteiger partial charge in [-0.25, -0.2) is 0 Å². The molecule has 0 aromatic heterocycles. The molecule has 0 saturated carbocycles. The first-order valence-electron chi connectivity index (χ1n) is 7.48. The number of rotatable bonds is 5. The summed E-state index contributed by atoms with van der Waals surface area (Å²) in [6, 6.07) is 7.26. The van der Waals surface area contributed by atoms with Crippen LogP contribution in [0.3, 0.4) is 0 Å². The lowest BCUT2D eigenvalue weighted by Gasteiger charge is -2.22. The van der Waals surface area contributed by atoms with Crippen molar-refractivity contribution in [3.63, 3.8) is 0 Å². The van der Waals surface area contributed by atoms with Crippen LogP contribution in [-0.4, -0.2) is 47.7 Å². The molecular formula is C16H25N3O2. The van der Waals surface area contributed by atoms with Crippen LogP contribution >= 0.6 is 0 Å². The number of amidine groups is 1. The largest absolute Gasteiger partial charge is 0.492 e. The summed E-state index contributed by atoms with van der Waals surface area (Å²) in [7, 11) is 0. The number of benzene rings is 1. The summed E-state index contributed by atoms with van der Waals surface area (Å²) >= 11 is 0. The molecule has 4 N–H and O–H groups in total. The molecule has 1 aromatic rings. The van der Waals surface area contributed by atoms with E-state index in [0.29, 0.717) is 12.2 Å². The molecule has 2 rings (SSSR count). The Morgan fingerprint density at radius 1 is 1.33 bits per heavy atom. The fourth-order valence-corrected chi connectivity index (χ4v) is 2.57. The van der Waals surface area contributed by atoms with Gasteiger partial charge in [0.2, 0.25) is 0 Å². The third-order valence-electron chi connectivity index (χ3n) is 4.00. The first kappa shape index (κ1) is 15.8. The highest BCUT2D eigenvalue weighted by molar-refractivity contribution is 5.94. The molecule has 1 aliphatic rings. The second-order valence-corrected chi connectivity index (χ2v) is 5.98. The van der Waals surface area contributed by atoms with E-state index in [1.807, 2.05) is 19.1 Å². The average Bonchev–Trinajstić information content (AvgIpc) is 2.61. The summed E-state index contributed by atoms with van der Waals surface area (Å²) in [5, 5.41) is 17.4. The van der Waals surface area contributed by atoms with Crippen molar-refractivity contribution in [1.29, 1.82) is 5.41 Å². The second-order valence-electron chi connectivity index (χ2n) is 5.98. The maximum absolute atomic E-state index is 10.1. The maximum atomic E-state index is 10.1. The van der Waals surface area contributed by atoms with E-state index in [0.717, 1.165) is 44.6 Å². The molecule has 1 saturated heterocycles. The fraction of sp³-hybridized carbons (Fsp3) is 0.562. The van der Waals surface area contributed by atoms with E-state index in [1.54, 1.807) is 12.1 Å². The lowest BCUT2D eigenvalue weighted by Crippen LogP contribution is -2.31. The third-order valence-corrected chi connectivity index (χ3v) is 4.00. The maximum Gasteiger partial charge on any atom is 0.122 e. The number of nitrogens with two attached hydrogens (primary N) is 1. The van der Waals surface area contributed by atoms with Gasteiger partial charge in [0.05, 0.1) is 5.60 Å². The number of hydrogen-bond acceptors (Lipinski definition) is 4. The van der Waals surface area contributed by atoms with E-state index in [1.165, 1.54) is 0 Å². The Balaban J connectivity index is 1.75. The molecule has 0 bridgehead atoms.